The first-order valence-electron chi connectivity index (χ1n) is 11.5. The Labute approximate surface area is 191 Å². The summed E-state index contributed by atoms with van der Waals surface area (Å²) in [7, 11) is 1.66. The Morgan fingerprint density at radius 2 is 1.66 bits per heavy atom. The highest BCUT2D eigenvalue weighted by Crippen LogP contribution is 2.29. The molecule has 0 radical (unpaired) electrons. The molecule has 7 heteroatoms. The van der Waals surface area contributed by atoms with Crippen LogP contribution in [-0.4, -0.2) is 93.8 Å². The van der Waals surface area contributed by atoms with Crippen LogP contribution in [0.1, 0.15) is 5.56 Å². The van der Waals surface area contributed by atoms with Crippen LogP contribution in [0.3, 0.4) is 0 Å². The minimum Gasteiger partial charge on any atom is -0.493 e. The molecule has 7 nitrogen and oxygen atoms in total. The third-order valence-electron chi connectivity index (χ3n) is 6.13. The Kier molecular flexibility index (Phi) is 8.23. The highest BCUT2D eigenvalue weighted by molar-refractivity contribution is 5.46. The van der Waals surface area contributed by atoms with Crippen molar-refractivity contribution >= 4 is 5.69 Å². The maximum atomic E-state index is 10.3. The van der Waals surface area contributed by atoms with Gasteiger partial charge in [0.05, 0.1) is 20.3 Å². The number of anilines is 1. The number of rotatable bonds is 9. The molecular weight excluding hydrogens is 406 g/mol. The van der Waals surface area contributed by atoms with Crippen molar-refractivity contribution < 1.29 is 19.3 Å². The van der Waals surface area contributed by atoms with Crippen LogP contribution in [0.5, 0.6) is 11.5 Å². The van der Waals surface area contributed by atoms with Gasteiger partial charge in [-0.1, -0.05) is 24.3 Å². The van der Waals surface area contributed by atoms with Gasteiger partial charge in [0.2, 0.25) is 0 Å². The van der Waals surface area contributed by atoms with Gasteiger partial charge >= 0.3 is 0 Å². The number of piperazine rings is 1. The lowest BCUT2D eigenvalue weighted by molar-refractivity contribution is 0.00445. The van der Waals surface area contributed by atoms with Crippen LogP contribution in [-0.2, 0) is 11.3 Å². The van der Waals surface area contributed by atoms with Crippen molar-refractivity contribution in [1.82, 2.24) is 9.80 Å². The van der Waals surface area contributed by atoms with Crippen LogP contribution < -0.4 is 14.4 Å². The van der Waals surface area contributed by atoms with E-state index in [2.05, 4.69) is 51.1 Å². The lowest BCUT2D eigenvalue weighted by Gasteiger charge is -2.36. The molecule has 0 bridgehead atoms. The number of nitrogens with zero attached hydrogens (tertiary/aromatic N) is 3. The molecule has 2 fully saturated rings. The van der Waals surface area contributed by atoms with Crippen molar-refractivity contribution in [2.75, 3.05) is 77.6 Å². The summed E-state index contributed by atoms with van der Waals surface area (Å²) in [4.78, 5) is 7.12. The number of ether oxygens (including phenoxy) is 3. The molecule has 174 valence electrons. The van der Waals surface area contributed by atoms with E-state index in [1.165, 1.54) is 11.3 Å². The fourth-order valence-corrected chi connectivity index (χ4v) is 4.31. The van der Waals surface area contributed by atoms with E-state index in [4.69, 9.17) is 14.2 Å². The maximum Gasteiger partial charge on any atom is 0.161 e. The van der Waals surface area contributed by atoms with Crippen molar-refractivity contribution in [3.05, 3.63) is 54.1 Å². The summed E-state index contributed by atoms with van der Waals surface area (Å²) in [5.41, 5.74) is 2.50. The monoisotopic (exact) mass is 441 g/mol. The molecule has 0 saturated carbocycles. The fourth-order valence-electron chi connectivity index (χ4n) is 4.31. The van der Waals surface area contributed by atoms with Crippen molar-refractivity contribution in [1.29, 1.82) is 0 Å². The number of hydrogen-bond acceptors (Lipinski definition) is 7. The van der Waals surface area contributed by atoms with Crippen molar-refractivity contribution in [2.24, 2.45) is 0 Å². The fraction of sp³-hybridized carbons (Fsp3) is 0.520. The lowest BCUT2D eigenvalue weighted by Crippen LogP contribution is -2.45. The number of morpholine rings is 1. The zero-order valence-electron chi connectivity index (χ0n) is 19.0. The van der Waals surface area contributed by atoms with Crippen LogP contribution in [0.2, 0.25) is 0 Å². The molecule has 2 aromatic carbocycles. The molecule has 0 aliphatic carbocycles. The van der Waals surface area contributed by atoms with Crippen LogP contribution in [0.25, 0.3) is 0 Å². The number of methoxy groups -OCH3 is 1. The van der Waals surface area contributed by atoms with Gasteiger partial charge in [-0.25, -0.2) is 0 Å². The zero-order valence-corrected chi connectivity index (χ0v) is 19.0. The summed E-state index contributed by atoms with van der Waals surface area (Å²) < 4.78 is 16.8. The smallest absolute Gasteiger partial charge is 0.161 e. The topological polar surface area (TPSA) is 57.6 Å². The summed E-state index contributed by atoms with van der Waals surface area (Å²) in [6.45, 7) is 9.02. The van der Waals surface area contributed by atoms with Gasteiger partial charge in [-0.15, -0.1) is 0 Å². The van der Waals surface area contributed by atoms with Gasteiger partial charge in [0.25, 0.3) is 0 Å². The number of β-amino-alcohol motifs (C(OH)–C–C–N with tert-alkyl or cyclic N) is 1. The summed E-state index contributed by atoms with van der Waals surface area (Å²) in [6, 6.07) is 16.7. The molecule has 0 unspecified atom stereocenters. The van der Waals surface area contributed by atoms with Gasteiger partial charge < -0.3 is 24.2 Å². The van der Waals surface area contributed by atoms with E-state index in [1.54, 1.807) is 7.11 Å². The van der Waals surface area contributed by atoms with Gasteiger partial charge in [-0.2, -0.15) is 0 Å². The minimum absolute atomic E-state index is 0.245. The maximum absolute atomic E-state index is 10.3. The lowest BCUT2D eigenvalue weighted by atomic mass is 10.1. The van der Waals surface area contributed by atoms with E-state index >= 15 is 0 Å². The van der Waals surface area contributed by atoms with Gasteiger partial charge in [-0.05, 0) is 29.8 Å². The van der Waals surface area contributed by atoms with Crippen LogP contribution in [0.15, 0.2) is 48.5 Å². The second-order valence-electron chi connectivity index (χ2n) is 8.46. The van der Waals surface area contributed by atoms with Gasteiger partial charge in [0.15, 0.2) is 11.5 Å². The highest BCUT2D eigenvalue weighted by atomic mass is 16.5. The second-order valence-corrected chi connectivity index (χ2v) is 8.46. The Bertz CT molecular complexity index is 821. The molecule has 0 amide bonds. The van der Waals surface area contributed by atoms with E-state index < -0.39 is 6.10 Å². The number of hydrogen-bond donors (Lipinski definition) is 1. The Morgan fingerprint density at radius 1 is 0.906 bits per heavy atom. The van der Waals surface area contributed by atoms with Crippen LogP contribution in [0.4, 0.5) is 5.69 Å². The standard InChI is InChI=1S/C25H35N3O4/c1-30-25-17-21(18-26-9-11-28(12-10-26)22-5-3-2-4-6-22)7-8-24(25)32-20-23(29)19-27-13-15-31-16-14-27/h2-8,17,23,29H,9-16,18-20H2,1H3/t23-/m0/s1. The molecule has 2 heterocycles. The predicted molar refractivity (Wildman–Crippen MR) is 126 cm³/mol. The summed E-state index contributed by atoms with van der Waals surface area (Å²) >= 11 is 0. The summed E-state index contributed by atoms with van der Waals surface area (Å²) in [5, 5.41) is 10.3. The first-order valence-corrected chi connectivity index (χ1v) is 11.5. The largest absolute Gasteiger partial charge is 0.493 e. The molecule has 1 atom stereocenters. The van der Waals surface area contributed by atoms with Crippen molar-refractivity contribution in [2.45, 2.75) is 12.6 Å². The third-order valence-corrected chi connectivity index (χ3v) is 6.13. The quantitative estimate of drug-likeness (QED) is 0.640. The number of benzene rings is 2. The SMILES string of the molecule is COc1cc(CN2CCN(c3ccccc3)CC2)ccc1OC[C@@H](O)CN1CCOCC1. The van der Waals surface area contributed by atoms with E-state index in [9.17, 15) is 5.11 Å². The Balaban J connectivity index is 1.26. The van der Waals surface area contributed by atoms with Crippen molar-refractivity contribution in [3.63, 3.8) is 0 Å². The minimum atomic E-state index is -0.543. The average Bonchev–Trinajstić information content (AvgIpc) is 2.85. The molecule has 1 N–H and O–H groups in total. The van der Waals surface area contributed by atoms with Crippen molar-refractivity contribution in [3.8, 4) is 11.5 Å². The van der Waals surface area contributed by atoms with Gasteiger partial charge in [0.1, 0.15) is 12.7 Å². The molecule has 2 aromatic rings. The normalized spacial score (nSPS) is 19.0. The van der Waals surface area contributed by atoms with E-state index in [0.29, 0.717) is 18.0 Å². The molecule has 0 spiro atoms. The molecule has 4 rings (SSSR count). The van der Waals surface area contributed by atoms with E-state index in [1.807, 2.05) is 12.1 Å². The summed E-state index contributed by atoms with van der Waals surface area (Å²) in [5.74, 6) is 1.38. The summed E-state index contributed by atoms with van der Waals surface area (Å²) in [6.07, 6.45) is -0.543. The van der Waals surface area contributed by atoms with Gasteiger partial charge in [0, 0.05) is 58.0 Å². The number of para-hydroxylation sites is 1. The molecule has 2 saturated heterocycles. The average molecular weight is 442 g/mol. The Morgan fingerprint density at radius 3 is 2.38 bits per heavy atom. The second kappa shape index (κ2) is 11.5. The van der Waals surface area contributed by atoms with Crippen LogP contribution >= 0.6 is 0 Å². The predicted octanol–water partition coefficient (Wildman–Crippen LogP) is 2.09. The molecule has 2 aliphatic rings. The first kappa shape index (κ1) is 22.9. The molecular formula is C25H35N3O4. The van der Waals surface area contributed by atoms with Gasteiger partial charge in [-0.3, -0.25) is 9.80 Å². The number of aliphatic hydroxyl groups excluding tert-OH is 1. The first-order chi connectivity index (χ1) is 15.7. The zero-order chi connectivity index (χ0) is 22.2. The molecule has 0 aromatic heterocycles. The molecule has 32 heavy (non-hydrogen) atoms. The van der Waals surface area contributed by atoms with E-state index in [0.717, 1.165) is 59.0 Å². The van der Waals surface area contributed by atoms with E-state index in [-0.39, 0.29) is 6.61 Å². The third kappa shape index (κ3) is 6.36. The van der Waals surface area contributed by atoms with Crippen LogP contribution in [0, 0.1) is 0 Å². The molecule has 2 aliphatic heterocycles. The Hall–Kier alpha value is -2.32. The highest BCUT2D eigenvalue weighted by Gasteiger charge is 2.19. The number of aliphatic hydroxyl groups is 1.